The number of rotatable bonds is 9. The largest absolute Gasteiger partial charge is 0.493 e. The number of para-hydroxylation sites is 2. The molecule has 0 radical (unpaired) electrons. The number of hydrogen-bond acceptors (Lipinski definition) is 7. The number of nitrogens with one attached hydrogen (secondary N) is 1. The van der Waals surface area contributed by atoms with Crippen LogP contribution in [0.25, 0.3) is 0 Å². The summed E-state index contributed by atoms with van der Waals surface area (Å²) in [4.78, 5) is 23.6. The lowest BCUT2D eigenvalue weighted by atomic mass is 10.2. The molecule has 3 aromatic carbocycles. The minimum Gasteiger partial charge on any atom is -0.493 e. The molecule has 0 spiro atoms. The first-order valence-corrected chi connectivity index (χ1v) is 11.6. The summed E-state index contributed by atoms with van der Waals surface area (Å²) < 4.78 is 23.1. The van der Waals surface area contributed by atoms with Crippen LogP contribution in [0.4, 0.5) is 11.4 Å². The zero-order chi connectivity index (χ0) is 25.7. The fraction of sp³-hybridized carbons (Fsp3) is 0.0800. The standard InChI is InChI=1S/C25H18BrClN2O7/c1-33-22-4-2-3-5-23(22)36-19-12-16(11-17(13-19)29(31)32)28-25(30)24-9-7-18(35-24)14-34-21-8-6-15(26)10-20(21)27/h2-13H,14H2,1H3,(H,28,30). The fourth-order valence-corrected chi connectivity index (χ4v) is 3.89. The van der Waals surface area contributed by atoms with Gasteiger partial charge >= 0.3 is 0 Å². The Morgan fingerprint density at radius 2 is 1.83 bits per heavy atom. The Labute approximate surface area is 218 Å². The molecule has 184 valence electrons. The third-order valence-electron chi connectivity index (χ3n) is 4.81. The maximum absolute atomic E-state index is 12.7. The molecule has 9 nitrogen and oxygen atoms in total. The summed E-state index contributed by atoms with van der Waals surface area (Å²) in [5.74, 6) is 1.19. The average molecular weight is 574 g/mol. The van der Waals surface area contributed by atoms with Crippen LogP contribution in [0.5, 0.6) is 23.0 Å². The second-order valence-corrected chi connectivity index (χ2v) is 8.63. The molecule has 0 fully saturated rings. The molecule has 0 aliphatic heterocycles. The molecule has 4 rings (SSSR count). The molecule has 1 heterocycles. The number of nitrogens with zero attached hydrogens (tertiary/aromatic N) is 1. The SMILES string of the molecule is COc1ccccc1Oc1cc(NC(=O)c2ccc(COc3ccc(Br)cc3Cl)o2)cc([N+](=O)[O-])c1. The van der Waals surface area contributed by atoms with Crippen molar-refractivity contribution < 1.29 is 28.3 Å². The maximum Gasteiger partial charge on any atom is 0.291 e. The van der Waals surface area contributed by atoms with Crippen molar-refractivity contribution in [3.8, 4) is 23.0 Å². The maximum atomic E-state index is 12.7. The van der Waals surface area contributed by atoms with Crippen molar-refractivity contribution in [3.63, 3.8) is 0 Å². The van der Waals surface area contributed by atoms with Crippen LogP contribution >= 0.6 is 27.5 Å². The Morgan fingerprint density at radius 1 is 1.06 bits per heavy atom. The van der Waals surface area contributed by atoms with Gasteiger partial charge in [-0.15, -0.1) is 0 Å². The van der Waals surface area contributed by atoms with Crippen LogP contribution < -0.4 is 19.5 Å². The average Bonchev–Trinajstić information content (AvgIpc) is 3.33. The van der Waals surface area contributed by atoms with E-state index in [9.17, 15) is 14.9 Å². The fourth-order valence-electron chi connectivity index (χ4n) is 3.16. The molecular weight excluding hydrogens is 556 g/mol. The normalized spacial score (nSPS) is 10.5. The van der Waals surface area contributed by atoms with Crippen molar-refractivity contribution in [1.82, 2.24) is 0 Å². The van der Waals surface area contributed by atoms with E-state index in [0.29, 0.717) is 28.0 Å². The molecule has 4 aromatic rings. The Balaban J connectivity index is 1.48. The van der Waals surface area contributed by atoms with Gasteiger partial charge in [0.1, 0.15) is 23.9 Å². The van der Waals surface area contributed by atoms with Crippen molar-refractivity contribution in [2.24, 2.45) is 0 Å². The summed E-state index contributed by atoms with van der Waals surface area (Å²) in [5, 5.41) is 14.5. The Hall–Kier alpha value is -4.02. The van der Waals surface area contributed by atoms with Gasteiger partial charge in [0.15, 0.2) is 17.3 Å². The van der Waals surface area contributed by atoms with Crippen molar-refractivity contribution in [2.45, 2.75) is 6.61 Å². The zero-order valence-electron chi connectivity index (χ0n) is 18.7. The molecule has 0 bridgehead atoms. The number of carbonyl (C=O) groups is 1. The molecular formula is C25H18BrClN2O7. The number of nitro benzene ring substituents is 1. The minimum absolute atomic E-state index is 0.00536. The summed E-state index contributed by atoms with van der Waals surface area (Å²) in [7, 11) is 1.48. The van der Waals surface area contributed by atoms with E-state index >= 15 is 0 Å². The monoisotopic (exact) mass is 572 g/mol. The molecule has 1 aromatic heterocycles. The van der Waals surface area contributed by atoms with Gasteiger partial charge in [0.05, 0.1) is 28.8 Å². The molecule has 1 N–H and O–H groups in total. The van der Waals surface area contributed by atoms with Gasteiger partial charge < -0.3 is 23.9 Å². The van der Waals surface area contributed by atoms with E-state index in [0.717, 1.165) is 4.47 Å². The topological polar surface area (TPSA) is 113 Å². The van der Waals surface area contributed by atoms with Crippen LogP contribution in [0.2, 0.25) is 5.02 Å². The predicted molar refractivity (Wildman–Crippen MR) is 136 cm³/mol. The van der Waals surface area contributed by atoms with E-state index in [-0.39, 0.29) is 29.5 Å². The lowest BCUT2D eigenvalue weighted by Crippen LogP contribution is -2.11. The summed E-state index contributed by atoms with van der Waals surface area (Å²) in [6.45, 7) is 0.0440. The molecule has 0 atom stereocenters. The van der Waals surface area contributed by atoms with E-state index < -0.39 is 10.8 Å². The molecule has 36 heavy (non-hydrogen) atoms. The van der Waals surface area contributed by atoms with Crippen molar-refractivity contribution in [3.05, 3.63) is 104 Å². The molecule has 0 unspecified atom stereocenters. The quantitative estimate of drug-likeness (QED) is 0.166. The van der Waals surface area contributed by atoms with Crippen LogP contribution in [0.3, 0.4) is 0 Å². The van der Waals surface area contributed by atoms with Gasteiger partial charge in [-0.05, 0) is 42.5 Å². The highest BCUT2D eigenvalue weighted by Gasteiger charge is 2.17. The summed E-state index contributed by atoms with van der Waals surface area (Å²) >= 11 is 9.47. The molecule has 0 aliphatic rings. The van der Waals surface area contributed by atoms with Crippen LogP contribution in [-0.2, 0) is 6.61 Å². The predicted octanol–water partition coefficient (Wildman–Crippen LogP) is 7.24. The third kappa shape index (κ3) is 6.15. The lowest BCUT2D eigenvalue weighted by Gasteiger charge is -2.11. The summed E-state index contributed by atoms with van der Waals surface area (Å²) in [6, 6.07) is 19.0. The van der Waals surface area contributed by atoms with Gasteiger partial charge in [0.2, 0.25) is 0 Å². The number of methoxy groups -OCH3 is 1. The third-order valence-corrected chi connectivity index (χ3v) is 5.59. The number of non-ortho nitro benzene ring substituents is 1. The number of ether oxygens (including phenoxy) is 3. The second-order valence-electron chi connectivity index (χ2n) is 7.31. The summed E-state index contributed by atoms with van der Waals surface area (Å²) in [5.41, 5.74) is -0.118. The van der Waals surface area contributed by atoms with Crippen molar-refractivity contribution in [2.75, 3.05) is 12.4 Å². The van der Waals surface area contributed by atoms with Gasteiger partial charge in [-0.2, -0.15) is 0 Å². The first-order valence-electron chi connectivity index (χ1n) is 10.4. The number of hydrogen-bond donors (Lipinski definition) is 1. The molecule has 1 amide bonds. The van der Waals surface area contributed by atoms with E-state index in [2.05, 4.69) is 21.2 Å². The molecule has 0 aliphatic carbocycles. The Morgan fingerprint density at radius 3 is 2.56 bits per heavy atom. The number of nitro groups is 1. The minimum atomic E-state index is -0.605. The second kappa shape index (κ2) is 11.1. The van der Waals surface area contributed by atoms with Gasteiger partial charge in [0.25, 0.3) is 11.6 Å². The van der Waals surface area contributed by atoms with Crippen molar-refractivity contribution >= 4 is 44.8 Å². The van der Waals surface area contributed by atoms with Gasteiger partial charge in [-0.1, -0.05) is 39.7 Å². The highest BCUT2D eigenvalue weighted by molar-refractivity contribution is 9.10. The first-order chi connectivity index (χ1) is 17.3. The molecule has 11 heteroatoms. The number of amides is 1. The number of benzene rings is 3. The highest BCUT2D eigenvalue weighted by atomic mass is 79.9. The lowest BCUT2D eigenvalue weighted by molar-refractivity contribution is -0.384. The number of halogens is 2. The van der Waals surface area contributed by atoms with Crippen LogP contribution in [-0.4, -0.2) is 17.9 Å². The smallest absolute Gasteiger partial charge is 0.291 e. The van der Waals surface area contributed by atoms with Gasteiger partial charge in [-0.25, -0.2) is 0 Å². The zero-order valence-corrected chi connectivity index (χ0v) is 21.0. The molecule has 0 saturated heterocycles. The van der Waals surface area contributed by atoms with Crippen LogP contribution in [0.1, 0.15) is 16.3 Å². The Bertz CT molecular complexity index is 1420. The van der Waals surface area contributed by atoms with E-state index in [4.69, 9.17) is 30.2 Å². The van der Waals surface area contributed by atoms with E-state index in [1.165, 1.54) is 31.4 Å². The van der Waals surface area contributed by atoms with E-state index in [1.807, 2.05) is 0 Å². The van der Waals surface area contributed by atoms with Gasteiger partial charge in [-0.3, -0.25) is 14.9 Å². The van der Waals surface area contributed by atoms with Crippen LogP contribution in [0, 0.1) is 10.1 Å². The number of furan rings is 1. The van der Waals surface area contributed by atoms with Gasteiger partial charge in [0, 0.05) is 16.6 Å². The number of anilines is 1. The summed E-state index contributed by atoms with van der Waals surface area (Å²) in [6.07, 6.45) is 0. The number of carbonyl (C=O) groups excluding carboxylic acids is 1. The Kier molecular flexibility index (Phi) is 7.77. The van der Waals surface area contributed by atoms with E-state index in [1.54, 1.807) is 48.5 Å². The first kappa shape index (κ1) is 25.1. The van der Waals surface area contributed by atoms with Crippen molar-refractivity contribution in [1.29, 1.82) is 0 Å². The van der Waals surface area contributed by atoms with Crippen LogP contribution in [0.15, 0.2) is 81.7 Å². The highest BCUT2D eigenvalue weighted by Crippen LogP contribution is 2.34. The molecule has 0 saturated carbocycles.